The normalized spacial score (nSPS) is 10.4. The molecule has 5 heteroatoms. The van der Waals surface area contributed by atoms with Gasteiger partial charge in [-0.15, -0.1) is 11.3 Å². The molecule has 0 aliphatic carbocycles. The van der Waals surface area contributed by atoms with E-state index in [1.807, 2.05) is 38.3 Å². The minimum atomic E-state index is -0.328. The summed E-state index contributed by atoms with van der Waals surface area (Å²) >= 11 is 1.35. The standard InChI is InChI=1S/C18H21NO3S/c1-12-10-13(2)17(14(3)11-12)19-16(20)7-4-8-22-18(21)15-6-5-9-23-15/h5-6,9-11H,4,7-8H2,1-3H3,(H,19,20). The third kappa shape index (κ3) is 4.93. The molecular formula is C18H21NO3S. The Hall–Kier alpha value is -2.14. The summed E-state index contributed by atoms with van der Waals surface area (Å²) < 4.78 is 5.14. The van der Waals surface area contributed by atoms with E-state index in [1.165, 1.54) is 16.9 Å². The first-order chi connectivity index (χ1) is 11.0. The number of carbonyl (C=O) groups excluding carboxylic acids is 2. The molecule has 0 bridgehead atoms. The van der Waals surface area contributed by atoms with Gasteiger partial charge in [0.2, 0.25) is 5.91 Å². The summed E-state index contributed by atoms with van der Waals surface area (Å²) in [6.45, 7) is 6.25. The monoisotopic (exact) mass is 331 g/mol. The summed E-state index contributed by atoms with van der Waals surface area (Å²) in [6, 6.07) is 7.63. The highest BCUT2D eigenvalue weighted by Gasteiger charge is 2.10. The van der Waals surface area contributed by atoms with Crippen molar-refractivity contribution in [1.82, 2.24) is 0 Å². The predicted octanol–water partition coefficient (Wildman–Crippen LogP) is 4.25. The first-order valence-corrected chi connectivity index (χ1v) is 8.43. The zero-order valence-electron chi connectivity index (χ0n) is 13.6. The van der Waals surface area contributed by atoms with Gasteiger partial charge in [0.25, 0.3) is 0 Å². The number of amides is 1. The first kappa shape index (κ1) is 17.2. The minimum absolute atomic E-state index is 0.0628. The molecule has 122 valence electrons. The number of aryl methyl sites for hydroxylation is 3. The molecule has 23 heavy (non-hydrogen) atoms. The molecule has 4 nitrogen and oxygen atoms in total. The SMILES string of the molecule is Cc1cc(C)c(NC(=O)CCCOC(=O)c2cccs2)c(C)c1. The number of hydrogen-bond donors (Lipinski definition) is 1. The summed E-state index contributed by atoms with van der Waals surface area (Å²) in [4.78, 5) is 24.3. The van der Waals surface area contributed by atoms with Gasteiger partial charge in [-0.3, -0.25) is 4.79 Å². The maximum atomic E-state index is 12.0. The van der Waals surface area contributed by atoms with Crippen LogP contribution in [0.1, 0.15) is 39.2 Å². The van der Waals surface area contributed by atoms with Crippen molar-refractivity contribution in [2.24, 2.45) is 0 Å². The summed E-state index contributed by atoms with van der Waals surface area (Å²) in [6.07, 6.45) is 0.831. The molecule has 1 amide bonds. The second kappa shape index (κ2) is 7.92. The number of carbonyl (C=O) groups is 2. The van der Waals surface area contributed by atoms with Crippen molar-refractivity contribution >= 4 is 28.9 Å². The Labute approximate surface area is 140 Å². The van der Waals surface area contributed by atoms with Crippen molar-refractivity contribution in [1.29, 1.82) is 0 Å². The van der Waals surface area contributed by atoms with Gasteiger partial charge in [-0.25, -0.2) is 4.79 Å². The third-order valence-electron chi connectivity index (χ3n) is 3.45. The van der Waals surface area contributed by atoms with E-state index < -0.39 is 0 Å². The number of rotatable bonds is 6. The van der Waals surface area contributed by atoms with E-state index in [4.69, 9.17) is 4.74 Å². The van der Waals surface area contributed by atoms with Gasteiger partial charge in [0.1, 0.15) is 4.88 Å². The van der Waals surface area contributed by atoms with Gasteiger partial charge in [-0.1, -0.05) is 23.8 Å². The quantitative estimate of drug-likeness (QED) is 0.636. The fraction of sp³-hybridized carbons (Fsp3) is 0.333. The molecule has 0 aliphatic rings. The maximum absolute atomic E-state index is 12.0. The molecule has 0 spiro atoms. The Morgan fingerprint density at radius 3 is 2.48 bits per heavy atom. The Morgan fingerprint density at radius 1 is 1.17 bits per heavy atom. The zero-order chi connectivity index (χ0) is 16.8. The van der Waals surface area contributed by atoms with Crippen LogP contribution < -0.4 is 5.32 Å². The van der Waals surface area contributed by atoms with Gasteiger partial charge in [0.05, 0.1) is 6.61 Å². The molecule has 2 aromatic rings. The van der Waals surface area contributed by atoms with E-state index in [1.54, 1.807) is 12.1 Å². The van der Waals surface area contributed by atoms with E-state index >= 15 is 0 Å². The van der Waals surface area contributed by atoms with Crippen LogP contribution >= 0.6 is 11.3 Å². The van der Waals surface area contributed by atoms with Gasteiger partial charge < -0.3 is 10.1 Å². The smallest absolute Gasteiger partial charge is 0.348 e. The minimum Gasteiger partial charge on any atom is -0.461 e. The number of hydrogen-bond acceptors (Lipinski definition) is 4. The fourth-order valence-corrected chi connectivity index (χ4v) is 3.06. The Kier molecular flexibility index (Phi) is 5.93. The molecule has 1 aromatic carbocycles. The van der Waals surface area contributed by atoms with Crippen LogP contribution in [0.3, 0.4) is 0 Å². The largest absolute Gasteiger partial charge is 0.461 e. The zero-order valence-corrected chi connectivity index (χ0v) is 14.5. The fourth-order valence-electron chi connectivity index (χ4n) is 2.44. The van der Waals surface area contributed by atoms with Crippen LogP contribution in [-0.2, 0) is 9.53 Å². The second-order valence-corrected chi connectivity index (χ2v) is 6.49. The summed E-state index contributed by atoms with van der Waals surface area (Å²) in [5, 5.41) is 4.77. The summed E-state index contributed by atoms with van der Waals surface area (Å²) in [5.74, 6) is -0.391. The molecule has 0 saturated heterocycles. The topological polar surface area (TPSA) is 55.4 Å². The van der Waals surface area contributed by atoms with Crippen molar-refractivity contribution in [2.75, 3.05) is 11.9 Å². The molecule has 1 aromatic heterocycles. The number of thiophene rings is 1. The molecule has 0 saturated carbocycles. The van der Waals surface area contributed by atoms with Crippen molar-refractivity contribution in [3.05, 3.63) is 51.2 Å². The molecule has 1 heterocycles. The first-order valence-electron chi connectivity index (χ1n) is 7.55. The van der Waals surface area contributed by atoms with Crippen LogP contribution in [0.5, 0.6) is 0 Å². The van der Waals surface area contributed by atoms with Crippen LogP contribution in [0.2, 0.25) is 0 Å². The van der Waals surface area contributed by atoms with Crippen molar-refractivity contribution < 1.29 is 14.3 Å². The van der Waals surface area contributed by atoms with Crippen LogP contribution in [0.15, 0.2) is 29.6 Å². The second-order valence-electron chi connectivity index (χ2n) is 5.54. The maximum Gasteiger partial charge on any atom is 0.348 e. The average molecular weight is 331 g/mol. The Morgan fingerprint density at radius 2 is 1.87 bits per heavy atom. The van der Waals surface area contributed by atoms with E-state index in [2.05, 4.69) is 5.32 Å². The number of nitrogens with one attached hydrogen (secondary N) is 1. The van der Waals surface area contributed by atoms with Crippen molar-refractivity contribution in [3.8, 4) is 0 Å². The highest BCUT2D eigenvalue weighted by molar-refractivity contribution is 7.11. The highest BCUT2D eigenvalue weighted by atomic mass is 32.1. The molecule has 1 N–H and O–H groups in total. The van der Waals surface area contributed by atoms with Crippen LogP contribution in [0, 0.1) is 20.8 Å². The van der Waals surface area contributed by atoms with E-state index in [0.717, 1.165) is 16.8 Å². The van der Waals surface area contributed by atoms with E-state index in [9.17, 15) is 9.59 Å². The lowest BCUT2D eigenvalue weighted by molar-refractivity contribution is -0.116. The lowest BCUT2D eigenvalue weighted by Crippen LogP contribution is -2.15. The van der Waals surface area contributed by atoms with E-state index in [0.29, 0.717) is 17.7 Å². The van der Waals surface area contributed by atoms with Gasteiger partial charge >= 0.3 is 5.97 Å². The molecule has 2 rings (SSSR count). The average Bonchev–Trinajstić information content (AvgIpc) is 3.01. The van der Waals surface area contributed by atoms with Crippen LogP contribution in [0.4, 0.5) is 5.69 Å². The predicted molar refractivity (Wildman–Crippen MR) is 93.1 cm³/mol. The van der Waals surface area contributed by atoms with Crippen LogP contribution in [0.25, 0.3) is 0 Å². The number of benzene rings is 1. The van der Waals surface area contributed by atoms with Gasteiger partial charge in [-0.05, 0) is 49.8 Å². The number of esters is 1. The molecular weight excluding hydrogens is 310 g/mol. The number of ether oxygens (including phenoxy) is 1. The highest BCUT2D eigenvalue weighted by Crippen LogP contribution is 2.22. The molecule has 0 fully saturated rings. The molecule has 0 radical (unpaired) electrons. The van der Waals surface area contributed by atoms with E-state index in [-0.39, 0.29) is 18.5 Å². The van der Waals surface area contributed by atoms with Crippen LogP contribution in [-0.4, -0.2) is 18.5 Å². The lowest BCUT2D eigenvalue weighted by atomic mass is 10.0. The molecule has 0 aliphatic heterocycles. The van der Waals surface area contributed by atoms with Gasteiger partial charge in [-0.2, -0.15) is 0 Å². The Balaban J connectivity index is 1.77. The van der Waals surface area contributed by atoms with Crippen molar-refractivity contribution in [3.63, 3.8) is 0 Å². The van der Waals surface area contributed by atoms with Gasteiger partial charge in [0.15, 0.2) is 0 Å². The summed E-state index contributed by atoms with van der Waals surface area (Å²) in [7, 11) is 0. The number of anilines is 1. The summed E-state index contributed by atoms with van der Waals surface area (Å²) in [5.41, 5.74) is 4.16. The van der Waals surface area contributed by atoms with Crippen molar-refractivity contribution in [2.45, 2.75) is 33.6 Å². The molecule has 0 atom stereocenters. The Bertz CT molecular complexity index is 669. The van der Waals surface area contributed by atoms with Gasteiger partial charge in [0, 0.05) is 12.1 Å². The lowest BCUT2D eigenvalue weighted by Gasteiger charge is -2.12. The molecule has 0 unspecified atom stereocenters. The third-order valence-corrected chi connectivity index (χ3v) is 4.30.